The highest BCUT2D eigenvalue weighted by Gasteiger charge is 2.15. The predicted molar refractivity (Wildman–Crippen MR) is 53.2 cm³/mol. The van der Waals surface area contributed by atoms with Crippen LogP contribution in [0, 0.1) is 10.8 Å². The van der Waals surface area contributed by atoms with E-state index in [2.05, 4.69) is 25.9 Å². The molecule has 0 bridgehead atoms. The summed E-state index contributed by atoms with van der Waals surface area (Å²) in [6.45, 7) is 6.43. The maximum absolute atomic E-state index is 10.5. The van der Waals surface area contributed by atoms with Crippen molar-refractivity contribution in [2.45, 2.75) is 58.9 Å². The van der Waals surface area contributed by atoms with Crippen LogP contribution in [-0.4, -0.2) is 6.04 Å². The fraction of sp³-hybridized carbons (Fsp3) is 1.00. The third-order valence-electron chi connectivity index (χ3n) is 2.39. The lowest BCUT2D eigenvalue weighted by Crippen LogP contribution is -2.14. The van der Waals surface area contributed by atoms with E-state index in [1.807, 2.05) is 0 Å². The van der Waals surface area contributed by atoms with Crippen molar-refractivity contribution in [2.24, 2.45) is 11.1 Å². The molecular formula is C10H21NO. The molecule has 0 aromatic rings. The molecule has 0 radical (unpaired) electrons. The number of nitrogens with zero attached hydrogens (tertiary/aromatic N) is 1. The molecule has 0 amide bonds. The third-order valence-corrected chi connectivity index (χ3v) is 2.39. The summed E-state index contributed by atoms with van der Waals surface area (Å²) >= 11 is 0. The Kier molecular flexibility index (Phi) is 7.02. The van der Waals surface area contributed by atoms with Crippen molar-refractivity contribution >= 4 is 0 Å². The Morgan fingerprint density at radius 2 is 1.83 bits per heavy atom. The monoisotopic (exact) mass is 171 g/mol. The quantitative estimate of drug-likeness (QED) is 0.536. The summed E-state index contributed by atoms with van der Waals surface area (Å²) in [4.78, 5) is 10.5. The normalized spacial score (nSPS) is 15.6. The van der Waals surface area contributed by atoms with Crippen molar-refractivity contribution in [3.63, 3.8) is 0 Å². The van der Waals surface area contributed by atoms with Gasteiger partial charge >= 0.3 is 0 Å². The van der Waals surface area contributed by atoms with E-state index in [0.717, 1.165) is 32.1 Å². The third kappa shape index (κ3) is 4.47. The number of nitroso groups, excluding NO2 is 1. The van der Waals surface area contributed by atoms with E-state index in [-0.39, 0.29) is 6.04 Å². The van der Waals surface area contributed by atoms with Crippen LogP contribution in [-0.2, 0) is 0 Å². The second-order valence-electron chi connectivity index (χ2n) is 3.58. The summed E-state index contributed by atoms with van der Waals surface area (Å²) < 4.78 is 0. The van der Waals surface area contributed by atoms with Gasteiger partial charge in [0.05, 0.1) is 6.04 Å². The first kappa shape index (κ1) is 11.6. The molecule has 0 aromatic heterocycles. The Hall–Kier alpha value is -0.400. The van der Waals surface area contributed by atoms with Crippen LogP contribution < -0.4 is 0 Å². The van der Waals surface area contributed by atoms with Gasteiger partial charge < -0.3 is 0 Å². The predicted octanol–water partition coefficient (Wildman–Crippen LogP) is 3.75. The molecule has 0 aliphatic carbocycles. The number of hydrogen-bond donors (Lipinski definition) is 0. The SMILES string of the molecule is CCCCC(N=O)C(C)CCC. The molecule has 0 saturated carbocycles. The molecule has 2 atom stereocenters. The van der Waals surface area contributed by atoms with Gasteiger partial charge in [-0.2, -0.15) is 4.91 Å². The number of rotatable bonds is 7. The molecule has 12 heavy (non-hydrogen) atoms. The van der Waals surface area contributed by atoms with Gasteiger partial charge in [0.2, 0.25) is 0 Å². The minimum Gasteiger partial charge on any atom is -0.151 e. The Morgan fingerprint density at radius 1 is 1.17 bits per heavy atom. The van der Waals surface area contributed by atoms with Gasteiger partial charge in [0.15, 0.2) is 0 Å². The van der Waals surface area contributed by atoms with E-state index in [4.69, 9.17) is 0 Å². The van der Waals surface area contributed by atoms with Crippen molar-refractivity contribution in [3.8, 4) is 0 Å². The molecule has 2 unspecified atom stereocenters. The Bertz CT molecular complexity index is 114. The lowest BCUT2D eigenvalue weighted by Gasteiger charge is -2.15. The minimum atomic E-state index is 0.0601. The molecule has 0 heterocycles. The maximum Gasteiger partial charge on any atom is 0.0945 e. The molecule has 0 N–H and O–H groups in total. The number of unbranched alkanes of at least 4 members (excludes halogenated alkanes) is 1. The van der Waals surface area contributed by atoms with Crippen LogP contribution in [0.1, 0.15) is 52.9 Å². The van der Waals surface area contributed by atoms with Crippen molar-refractivity contribution in [2.75, 3.05) is 0 Å². The van der Waals surface area contributed by atoms with Gasteiger partial charge in [-0.1, -0.05) is 45.2 Å². The summed E-state index contributed by atoms with van der Waals surface area (Å²) in [6, 6.07) is 0.0601. The van der Waals surface area contributed by atoms with Crippen molar-refractivity contribution in [3.05, 3.63) is 4.91 Å². The smallest absolute Gasteiger partial charge is 0.0945 e. The summed E-state index contributed by atoms with van der Waals surface area (Å²) in [7, 11) is 0. The Morgan fingerprint density at radius 3 is 2.25 bits per heavy atom. The highest BCUT2D eigenvalue weighted by atomic mass is 16.3. The summed E-state index contributed by atoms with van der Waals surface area (Å²) in [6.07, 6.45) is 5.54. The molecule has 2 heteroatoms. The first-order valence-electron chi connectivity index (χ1n) is 5.08. The molecule has 0 fully saturated rings. The topological polar surface area (TPSA) is 29.4 Å². The van der Waals surface area contributed by atoms with E-state index < -0.39 is 0 Å². The Balaban J connectivity index is 3.70. The molecular weight excluding hydrogens is 150 g/mol. The zero-order valence-electron chi connectivity index (χ0n) is 8.55. The van der Waals surface area contributed by atoms with Gasteiger partial charge in [0, 0.05) is 0 Å². The van der Waals surface area contributed by atoms with Crippen LogP contribution in [0.4, 0.5) is 0 Å². The molecule has 2 nitrogen and oxygen atoms in total. The van der Waals surface area contributed by atoms with Crippen molar-refractivity contribution in [1.82, 2.24) is 0 Å². The van der Waals surface area contributed by atoms with Gasteiger partial charge in [-0.3, -0.25) is 0 Å². The molecule has 0 aromatic carbocycles. The van der Waals surface area contributed by atoms with Gasteiger partial charge in [-0.15, -0.1) is 0 Å². The van der Waals surface area contributed by atoms with Crippen LogP contribution >= 0.6 is 0 Å². The van der Waals surface area contributed by atoms with Crippen LogP contribution in [0.15, 0.2) is 5.18 Å². The largest absolute Gasteiger partial charge is 0.151 e. The average molecular weight is 171 g/mol. The van der Waals surface area contributed by atoms with E-state index >= 15 is 0 Å². The fourth-order valence-corrected chi connectivity index (χ4v) is 1.50. The molecule has 0 saturated heterocycles. The first-order valence-corrected chi connectivity index (χ1v) is 5.08. The van der Waals surface area contributed by atoms with E-state index in [1.165, 1.54) is 0 Å². The standard InChI is InChI=1S/C10H21NO/c1-4-6-8-10(11-12)9(3)7-5-2/h9-10H,4-8H2,1-3H3. The molecule has 0 spiro atoms. The fourth-order valence-electron chi connectivity index (χ4n) is 1.50. The van der Waals surface area contributed by atoms with Crippen LogP contribution in [0.3, 0.4) is 0 Å². The first-order chi connectivity index (χ1) is 5.76. The van der Waals surface area contributed by atoms with Crippen LogP contribution in [0.2, 0.25) is 0 Å². The Labute approximate surface area is 75.7 Å². The summed E-state index contributed by atoms with van der Waals surface area (Å²) in [5.41, 5.74) is 0. The van der Waals surface area contributed by atoms with Gasteiger partial charge in [-0.25, -0.2) is 0 Å². The van der Waals surface area contributed by atoms with Crippen LogP contribution in [0.25, 0.3) is 0 Å². The lowest BCUT2D eigenvalue weighted by atomic mass is 9.94. The summed E-state index contributed by atoms with van der Waals surface area (Å²) in [5, 5.41) is 3.19. The maximum atomic E-state index is 10.5. The average Bonchev–Trinajstić information content (AvgIpc) is 2.06. The zero-order valence-corrected chi connectivity index (χ0v) is 8.55. The molecule has 0 aliphatic heterocycles. The van der Waals surface area contributed by atoms with E-state index in [0.29, 0.717) is 5.92 Å². The lowest BCUT2D eigenvalue weighted by molar-refractivity contribution is 0.393. The highest BCUT2D eigenvalue weighted by Crippen LogP contribution is 2.18. The molecule has 72 valence electrons. The minimum absolute atomic E-state index is 0.0601. The van der Waals surface area contributed by atoms with Crippen LogP contribution in [0.5, 0.6) is 0 Å². The second kappa shape index (κ2) is 7.26. The van der Waals surface area contributed by atoms with Crippen molar-refractivity contribution < 1.29 is 0 Å². The molecule has 0 aliphatic rings. The summed E-state index contributed by atoms with van der Waals surface area (Å²) in [5.74, 6) is 0.471. The van der Waals surface area contributed by atoms with Gasteiger partial charge in [0.25, 0.3) is 0 Å². The molecule has 0 rings (SSSR count). The number of hydrogen-bond acceptors (Lipinski definition) is 2. The van der Waals surface area contributed by atoms with Gasteiger partial charge in [-0.05, 0) is 18.8 Å². The van der Waals surface area contributed by atoms with E-state index in [1.54, 1.807) is 0 Å². The van der Waals surface area contributed by atoms with E-state index in [9.17, 15) is 4.91 Å². The van der Waals surface area contributed by atoms with Crippen molar-refractivity contribution in [1.29, 1.82) is 0 Å². The van der Waals surface area contributed by atoms with Gasteiger partial charge in [0.1, 0.15) is 0 Å². The highest BCUT2D eigenvalue weighted by molar-refractivity contribution is 4.71. The zero-order chi connectivity index (χ0) is 9.40. The second-order valence-corrected chi connectivity index (χ2v) is 3.58.